The van der Waals surface area contributed by atoms with E-state index < -0.39 is 15.4 Å². The quantitative estimate of drug-likeness (QED) is 0.215. The number of hydrazone groups is 2. The normalized spacial score (nSPS) is 9.41. The number of aromatic nitrogens is 2. The van der Waals surface area contributed by atoms with E-state index in [1.807, 2.05) is 36.4 Å². The molecule has 2 heterocycles. The van der Waals surface area contributed by atoms with Crippen LogP contribution in [0.4, 0.5) is 0 Å². The van der Waals surface area contributed by atoms with E-state index in [9.17, 15) is 0 Å². The first-order chi connectivity index (χ1) is 13.0. The third-order valence-electron chi connectivity index (χ3n) is 2.12. The van der Waals surface area contributed by atoms with Gasteiger partial charge in [-0.2, -0.15) is 10.2 Å². The van der Waals surface area contributed by atoms with Crippen LogP contribution >= 0.6 is 43.7 Å². The Kier molecular flexibility index (Phi) is 16.5. The van der Waals surface area contributed by atoms with Crippen LogP contribution in [0, 0.1) is 0 Å². The molecule has 0 bridgehead atoms. The summed E-state index contributed by atoms with van der Waals surface area (Å²) in [6.07, 6.45) is 6.45. The first-order valence-corrected chi connectivity index (χ1v) is 14.2. The summed E-state index contributed by atoms with van der Waals surface area (Å²) in [6, 6.07) is 11.1. The molecule has 0 spiro atoms. The van der Waals surface area contributed by atoms with E-state index in [1.165, 1.54) is 0 Å². The summed E-state index contributed by atoms with van der Waals surface area (Å²) in [5.74, 6) is 0. The van der Waals surface area contributed by atoms with Crippen molar-refractivity contribution < 1.29 is 0 Å². The van der Waals surface area contributed by atoms with Crippen LogP contribution in [0.1, 0.15) is 11.4 Å². The molecule has 0 unspecified atom stereocenters. The van der Waals surface area contributed by atoms with Gasteiger partial charge in [0.15, 0.2) is 10.2 Å². The van der Waals surface area contributed by atoms with Gasteiger partial charge in [0.05, 0.1) is 23.8 Å². The Hall–Kier alpha value is -1.76. The predicted octanol–water partition coefficient (Wildman–Crippen LogP) is 1.50. The van der Waals surface area contributed by atoms with E-state index in [0.717, 1.165) is 11.4 Å². The third-order valence-corrected chi connectivity index (χ3v) is 2.30. The van der Waals surface area contributed by atoms with Gasteiger partial charge in [-0.1, -0.05) is 12.1 Å². The minimum atomic E-state index is -0.743. The predicted molar refractivity (Wildman–Crippen MR) is 121 cm³/mol. The number of nitrogens with zero attached hydrogens (tertiary/aromatic N) is 4. The Morgan fingerprint density at radius 2 is 1.26 bits per heavy atom. The first kappa shape index (κ1) is 25.2. The van der Waals surface area contributed by atoms with E-state index in [2.05, 4.69) is 55.5 Å². The third kappa shape index (κ3) is 17.4. The van der Waals surface area contributed by atoms with Crippen LogP contribution in [0.5, 0.6) is 0 Å². The molecule has 2 rings (SSSR count). The molecule has 27 heavy (non-hydrogen) atoms. The van der Waals surface area contributed by atoms with Crippen LogP contribution < -0.4 is 22.3 Å². The Morgan fingerprint density at radius 1 is 0.889 bits per heavy atom. The zero-order valence-electron chi connectivity index (χ0n) is 13.9. The monoisotopic (exact) mass is 499 g/mol. The molecule has 0 atom stereocenters. The number of hydrogen-bond donors (Lipinski definition) is 4. The van der Waals surface area contributed by atoms with Gasteiger partial charge in [0.25, 0.3) is 0 Å². The van der Waals surface area contributed by atoms with Crippen molar-refractivity contribution in [1.29, 1.82) is 0 Å². The molecule has 2 aromatic heterocycles. The molecular weight excluding hydrogens is 485 g/mol. The van der Waals surface area contributed by atoms with Gasteiger partial charge in [0.1, 0.15) is 0 Å². The summed E-state index contributed by atoms with van der Waals surface area (Å²) in [5.41, 5.74) is 16.7. The Morgan fingerprint density at radius 3 is 1.52 bits per heavy atom. The second-order valence-corrected chi connectivity index (χ2v) is 8.71. The molecule has 0 fully saturated rings. The van der Waals surface area contributed by atoms with Crippen molar-refractivity contribution in [3.8, 4) is 0 Å². The van der Waals surface area contributed by atoms with Gasteiger partial charge in [-0.3, -0.25) is 20.8 Å². The second-order valence-electron chi connectivity index (χ2n) is 4.06. The topological polar surface area (TPSA) is 127 Å². The summed E-state index contributed by atoms with van der Waals surface area (Å²) in [5, 5.41) is 7.76. The zero-order valence-corrected chi connectivity index (χ0v) is 19.4. The molecule has 8 nitrogen and oxygen atoms in total. The molecule has 0 aliphatic carbocycles. The molecule has 0 saturated carbocycles. The number of thiocarbonyl (C=S) groups is 2. The van der Waals surface area contributed by atoms with E-state index >= 15 is 0 Å². The van der Waals surface area contributed by atoms with Gasteiger partial charge >= 0.3 is 34.7 Å². The fourth-order valence-corrected chi connectivity index (χ4v) is 1.33. The minimum absolute atomic E-state index is 0.141. The second kappa shape index (κ2) is 17.6. The van der Waals surface area contributed by atoms with Crippen molar-refractivity contribution in [2.45, 2.75) is 0 Å². The molecule has 2 aromatic rings. The van der Waals surface area contributed by atoms with Crippen molar-refractivity contribution in [2.24, 2.45) is 21.7 Å². The van der Waals surface area contributed by atoms with E-state index in [0.29, 0.717) is 0 Å². The number of pyridine rings is 2. The fourth-order valence-electron chi connectivity index (χ4n) is 1.23. The molecule has 0 aromatic carbocycles. The molecule has 6 N–H and O–H groups in total. The van der Waals surface area contributed by atoms with Crippen LogP contribution in [-0.4, -0.2) is 48.0 Å². The molecule has 0 aliphatic rings. The van der Waals surface area contributed by atoms with Crippen LogP contribution in [-0.2, 0) is 0 Å². The molecule has 13 heteroatoms. The Balaban J connectivity index is 0.000000438. The number of nitrogens with one attached hydrogen (secondary N) is 2. The average molecular weight is 501 g/mol. The number of halogens is 2. The summed E-state index contributed by atoms with van der Waals surface area (Å²) in [4.78, 5) is 8.00. The van der Waals surface area contributed by atoms with Crippen molar-refractivity contribution in [2.75, 3.05) is 0 Å². The van der Waals surface area contributed by atoms with Crippen molar-refractivity contribution in [3.05, 3.63) is 60.2 Å². The fraction of sp³-hybridized carbons (Fsp3) is 0. The van der Waals surface area contributed by atoms with Crippen LogP contribution in [0.25, 0.3) is 0 Å². The SMILES string of the molecule is NC(=S)NN=Cc1ccccn1.NC(=S)NN=Cc1ccccn1.[Cl][Ga][Cl]. The summed E-state index contributed by atoms with van der Waals surface area (Å²) in [7, 11) is 9.84. The van der Waals surface area contributed by atoms with Gasteiger partial charge in [0, 0.05) is 12.4 Å². The van der Waals surface area contributed by atoms with E-state index in [1.54, 1.807) is 24.8 Å². The first-order valence-electron chi connectivity index (χ1n) is 7.00. The zero-order chi connectivity index (χ0) is 20.3. The van der Waals surface area contributed by atoms with E-state index in [-0.39, 0.29) is 10.2 Å². The average Bonchev–Trinajstić information content (AvgIpc) is 2.64. The Labute approximate surface area is 183 Å². The van der Waals surface area contributed by atoms with Gasteiger partial charge < -0.3 is 11.5 Å². The molecule has 0 saturated heterocycles. The molecule has 1 radical (unpaired) electrons. The molecule has 0 aliphatic heterocycles. The molecule has 141 valence electrons. The van der Waals surface area contributed by atoms with Gasteiger partial charge in [0.2, 0.25) is 0 Å². The maximum absolute atomic E-state index is 5.14. The van der Waals surface area contributed by atoms with Crippen molar-refractivity contribution in [1.82, 2.24) is 20.8 Å². The molecule has 0 amide bonds. The number of rotatable bonds is 4. The van der Waals surface area contributed by atoms with Gasteiger partial charge in [-0.15, -0.1) is 0 Å². The van der Waals surface area contributed by atoms with Gasteiger partial charge in [-0.05, 0) is 48.7 Å². The van der Waals surface area contributed by atoms with Crippen LogP contribution in [0.15, 0.2) is 59.0 Å². The summed E-state index contributed by atoms with van der Waals surface area (Å²) >= 11 is 8.34. The van der Waals surface area contributed by atoms with E-state index in [4.69, 9.17) is 30.7 Å². The molecular formula is C14H16Cl2GaN8S2. The number of nitrogens with two attached hydrogens (primary N) is 2. The maximum atomic E-state index is 5.14. The van der Waals surface area contributed by atoms with Gasteiger partial charge in [-0.25, -0.2) is 0 Å². The van der Waals surface area contributed by atoms with Crippen molar-refractivity contribution >= 4 is 81.8 Å². The van der Waals surface area contributed by atoms with Crippen LogP contribution in [0.2, 0.25) is 0 Å². The summed E-state index contributed by atoms with van der Waals surface area (Å²) in [6.45, 7) is 0. The standard InChI is InChI=1S/2C7H8N4S.2ClH.Ga/c2*8-7(12)11-10-5-6-3-1-2-4-9-6;;;/h2*1-5H,(H3,8,11,12);2*1H;/q;;;;+2/p-2. The number of hydrogen-bond acceptors (Lipinski definition) is 6. The van der Waals surface area contributed by atoms with Crippen molar-refractivity contribution in [3.63, 3.8) is 0 Å². The summed E-state index contributed by atoms with van der Waals surface area (Å²) < 4.78 is 0. The Bertz CT molecular complexity index is 658. The van der Waals surface area contributed by atoms with Crippen LogP contribution in [0.3, 0.4) is 0 Å².